The molecule has 1 aliphatic carbocycles. The number of hydrogen-bond acceptors (Lipinski definition) is 3. The highest BCUT2D eigenvalue weighted by molar-refractivity contribution is 5.79. The van der Waals surface area contributed by atoms with E-state index in [1.165, 1.54) is 0 Å². The number of hydrogen-bond donors (Lipinski definition) is 3. The minimum atomic E-state index is -0.540. The van der Waals surface area contributed by atoms with Crippen LogP contribution in [0.2, 0.25) is 0 Å². The highest BCUT2D eigenvalue weighted by atomic mass is 16.3. The van der Waals surface area contributed by atoms with Crippen molar-refractivity contribution < 1.29 is 9.90 Å². The van der Waals surface area contributed by atoms with Crippen molar-refractivity contribution in [3.63, 3.8) is 0 Å². The van der Waals surface area contributed by atoms with Crippen LogP contribution in [0, 0.1) is 5.92 Å². The van der Waals surface area contributed by atoms with Crippen molar-refractivity contribution in [1.29, 1.82) is 0 Å². The summed E-state index contributed by atoms with van der Waals surface area (Å²) < 4.78 is 0. The number of carbonyl (C=O) groups is 1. The lowest BCUT2D eigenvalue weighted by Crippen LogP contribution is -2.40. The van der Waals surface area contributed by atoms with Gasteiger partial charge in [0.25, 0.3) is 0 Å². The van der Waals surface area contributed by atoms with Crippen LogP contribution in [-0.2, 0) is 11.2 Å². The van der Waals surface area contributed by atoms with Gasteiger partial charge in [0.1, 0.15) is 0 Å². The van der Waals surface area contributed by atoms with Gasteiger partial charge in [-0.2, -0.15) is 0 Å². The van der Waals surface area contributed by atoms with Crippen molar-refractivity contribution in [3.8, 4) is 0 Å². The second-order valence-electron chi connectivity index (χ2n) is 4.80. The zero-order valence-corrected chi connectivity index (χ0v) is 10.6. The van der Waals surface area contributed by atoms with Crippen molar-refractivity contribution in [2.75, 3.05) is 6.54 Å². The maximum Gasteiger partial charge on any atom is 0.224 e. The number of nitrogens with two attached hydrogens (primary N) is 1. The van der Waals surface area contributed by atoms with Crippen LogP contribution in [0.5, 0.6) is 0 Å². The van der Waals surface area contributed by atoms with Gasteiger partial charge in [-0.25, -0.2) is 0 Å². The first kappa shape index (κ1) is 13.1. The zero-order valence-electron chi connectivity index (χ0n) is 10.6. The molecule has 0 fully saturated rings. The van der Waals surface area contributed by atoms with Crippen LogP contribution in [-0.4, -0.2) is 23.7 Å². The standard InChI is InChI=1S/C14H20N2O2/c1-2-9(8-15)14(18)16-13-11-6-4-3-5-10(11)7-12(13)17/h3-6,9,12-13,17H,2,7-8,15H2,1H3,(H,16,18)/t9?,12-,13+/m0/s1. The van der Waals surface area contributed by atoms with Gasteiger partial charge in [0.2, 0.25) is 5.91 Å². The lowest BCUT2D eigenvalue weighted by Gasteiger charge is -2.21. The Morgan fingerprint density at radius 2 is 2.28 bits per heavy atom. The SMILES string of the molecule is CCC(CN)C(=O)N[C@@H]1c2ccccc2C[C@@H]1O. The minimum absolute atomic E-state index is 0.0687. The maximum atomic E-state index is 12.0. The van der Waals surface area contributed by atoms with Gasteiger partial charge in [0.05, 0.1) is 12.1 Å². The van der Waals surface area contributed by atoms with Crippen LogP contribution in [0.25, 0.3) is 0 Å². The van der Waals surface area contributed by atoms with E-state index >= 15 is 0 Å². The molecule has 0 aromatic heterocycles. The van der Waals surface area contributed by atoms with Gasteiger partial charge in [-0.15, -0.1) is 0 Å². The third kappa shape index (κ3) is 2.40. The molecule has 1 aromatic carbocycles. The van der Waals surface area contributed by atoms with E-state index in [4.69, 9.17) is 5.73 Å². The van der Waals surface area contributed by atoms with E-state index in [2.05, 4.69) is 5.32 Å². The normalized spacial score (nSPS) is 23.5. The largest absolute Gasteiger partial charge is 0.390 e. The van der Waals surface area contributed by atoms with Crippen LogP contribution in [0.15, 0.2) is 24.3 Å². The fourth-order valence-electron chi connectivity index (χ4n) is 2.48. The summed E-state index contributed by atoms with van der Waals surface area (Å²) in [5.74, 6) is -0.245. The number of aliphatic hydroxyl groups is 1. The maximum absolute atomic E-state index is 12.0. The fraction of sp³-hybridized carbons (Fsp3) is 0.500. The predicted octanol–water partition coefficient (Wildman–Crippen LogP) is 0.746. The molecule has 4 N–H and O–H groups in total. The lowest BCUT2D eigenvalue weighted by atomic mass is 10.0. The molecule has 0 saturated carbocycles. The molecule has 0 bridgehead atoms. The smallest absolute Gasteiger partial charge is 0.224 e. The third-order valence-electron chi connectivity index (χ3n) is 3.65. The zero-order chi connectivity index (χ0) is 13.1. The van der Waals surface area contributed by atoms with Crippen LogP contribution in [0.3, 0.4) is 0 Å². The van der Waals surface area contributed by atoms with Gasteiger partial charge in [-0.3, -0.25) is 4.79 Å². The van der Waals surface area contributed by atoms with Crippen molar-refractivity contribution in [2.24, 2.45) is 11.7 Å². The Morgan fingerprint density at radius 3 is 2.94 bits per heavy atom. The average Bonchev–Trinajstić information content (AvgIpc) is 2.68. The minimum Gasteiger partial charge on any atom is -0.390 e. The van der Waals surface area contributed by atoms with Crippen LogP contribution in [0.1, 0.15) is 30.5 Å². The van der Waals surface area contributed by atoms with E-state index in [9.17, 15) is 9.90 Å². The number of nitrogens with one attached hydrogen (secondary N) is 1. The van der Waals surface area contributed by atoms with E-state index in [0.29, 0.717) is 19.4 Å². The second-order valence-corrected chi connectivity index (χ2v) is 4.80. The second kappa shape index (κ2) is 5.50. The van der Waals surface area contributed by atoms with Gasteiger partial charge >= 0.3 is 0 Å². The number of rotatable bonds is 4. The Balaban J connectivity index is 2.12. The molecule has 4 heteroatoms. The summed E-state index contributed by atoms with van der Waals surface area (Å²) in [4.78, 5) is 12.0. The first-order valence-electron chi connectivity index (χ1n) is 6.43. The van der Waals surface area contributed by atoms with Gasteiger partial charge in [0, 0.05) is 18.9 Å². The van der Waals surface area contributed by atoms with Crippen LogP contribution < -0.4 is 11.1 Å². The van der Waals surface area contributed by atoms with E-state index < -0.39 is 6.10 Å². The lowest BCUT2D eigenvalue weighted by molar-refractivity contribution is -0.126. The van der Waals surface area contributed by atoms with E-state index in [0.717, 1.165) is 11.1 Å². The van der Waals surface area contributed by atoms with Gasteiger partial charge in [-0.1, -0.05) is 31.2 Å². The summed E-state index contributed by atoms with van der Waals surface area (Å²) >= 11 is 0. The number of fused-ring (bicyclic) bond motifs is 1. The van der Waals surface area contributed by atoms with Gasteiger partial charge in [-0.05, 0) is 17.5 Å². The predicted molar refractivity (Wildman–Crippen MR) is 69.9 cm³/mol. The Hall–Kier alpha value is -1.39. The highest BCUT2D eigenvalue weighted by Gasteiger charge is 2.32. The highest BCUT2D eigenvalue weighted by Crippen LogP contribution is 2.31. The molecule has 1 unspecified atom stereocenters. The summed E-state index contributed by atoms with van der Waals surface area (Å²) in [6, 6.07) is 7.53. The summed E-state index contributed by atoms with van der Waals surface area (Å²) in [5, 5.41) is 13.0. The molecule has 2 rings (SSSR count). The van der Waals surface area contributed by atoms with Crippen molar-refractivity contribution >= 4 is 5.91 Å². The van der Waals surface area contributed by atoms with Crippen molar-refractivity contribution in [3.05, 3.63) is 35.4 Å². The van der Waals surface area contributed by atoms with E-state index in [1.54, 1.807) is 0 Å². The molecule has 1 amide bonds. The van der Waals surface area contributed by atoms with Gasteiger partial charge in [0.15, 0.2) is 0 Å². The molecule has 0 saturated heterocycles. The molecule has 1 aromatic rings. The average molecular weight is 248 g/mol. The Bertz CT molecular complexity index is 430. The number of amides is 1. The summed E-state index contributed by atoms with van der Waals surface area (Å²) in [5.41, 5.74) is 7.69. The Kier molecular flexibility index (Phi) is 3.99. The molecule has 0 aliphatic heterocycles. The molecule has 4 nitrogen and oxygen atoms in total. The molecule has 0 radical (unpaired) electrons. The quantitative estimate of drug-likeness (QED) is 0.736. The molecule has 1 aliphatic rings. The van der Waals surface area contributed by atoms with Crippen LogP contribution in [0.4, 0.5) is 0 Å². The molecule has 98 valence electrons. The molecule has 3 atom stereocenters. The number of benzene rings is 1. The first-order chi connectivity index (χ1) is 8.67. The molecule has 18 heavy (non-hydrogen) atoms. The Morgan fingerprint density at radius 1 is 1.56 bits per heavy atom. The summed E-state index contributed by atoms with van der Waals surface area (Å²) in [7, 11) is 0. The monoisotopic (exact) mass is 248 g/mol. The van der Waals surface area contributed by atoms with E-state index in [1.807, 2.05) is 31.2 Å². The first-order valence-corrected chi connectivity index (χ1v) is 6.43. The molecular weight excluding hydrogens is 228 g/mol. The molecular formula is C14H20N2O2. The van der Waals surface area contributed by atoms with Crippen molar-refractivity contribution in [1.82, 2.24) is 5.32 Å². The van der Waals surface area contributed by atoms with Gasteiger partial charge < -0.3 is 16.2 Å². The number of carbonyl (C=O) groups excluding carboxylic acids is 1. The summed E-state index contributed by atoms with van der Waals surface area (Å²) in [6.07, 6.45) is 0.773. The Labute approximate surface area is 107 Å². The number of aliphatic hydroxyl groups excluding tert-OH is 1. The van der Waals surface area contributed by atoms with Crippen LogP contribution >= 0.6 is 0 Å². The third-order valence-corrected chi connectivity index (χ3v) is 3.65. The van der Waals surface area contributed by atoms with Crippen molar-refractivity contribution in [2.45, 2.75) is 31.9 Å². The fourth-order valence-corrected chi connectivity index (χ4v) is 2.48. The van der Waals surface area contributed by atoms with E-state index in [-0.39, 0.29) is 17.9 Å². The molecule has 0 spiro atoms. The topological polar surface area (TPSA) is 75.4 Å². The molecule has 0 heterocycles. The summed E-state index contributed by atoms with van der Waals surface area (Å²) in [6.45, 7) is 2.28.